The molecule has 0 aliphatic rings. The van der Waals surface area contributed by atoms with E-state index in [9.17, 15) is 0 Å². The van der Waals surface area contributed by atoms with E-state index >= 15 is 0 Å². The fourth-order valence-electron chi connectivity index (χ4n) is 1.20. The fraction of sp³-hybridized carbons (Fsp3) is 0.400. The summed E-state index contributed by atoms with van der Waals surface area (Å²) in [6.45, 7) is 5.16. The van der Waals surface area contributed by atoms with Crippen LogP contribution in [0.5, 0.6) is 0 Å². The second-order valence-electron chi connectivity index (χ2n) is 3.56. The highest BCUT2D eigenvalue weighted by Gasteiger charge is 2.05. The second kappa shape index (κ2) is 3.92. The standard InChI is InChI=1S/C10H13N3S/c1-8(2)9-6-14-10(12-9)5-13-4-3-11-7-13/h3-4,6-8H,5H2,1-2H3. The smallest absolute Gasteiger partial charge is 0.113 e. The van der Waals surface area contributed by atoms with Crippen molar-refractivity contribution in [1.82, 2.24) is 14.5 Å². The van der Waals surface area contributed by atoms with Crippen LogP contribution in [0.2, 0.25) is 0 Å². The Morgan fingerprint density at radius 3 is 2.93 bits per heavy atom. The van der Waals surface area contributed by atoms with Crippen molar-refractivity contribution in [2.75, 3.05) is 0 Å². The molecule has 0 saturated carbocycles. The molecule has 0 saturated heterocycles. The molecule has 4 heteroatoms. The minimum atomic E-state index is 0.516. The van der Waals surface area contributed by atoms with Crippen LogP contribution in [0.4, 0.5) is 0 Å². The molecule has 0 amide bonds. The normalized spacial score (nSPS) is 11.1. The van der Waals surface area contributed by atoms with E-state index < -0.39 is 0 Å². The van der Waals surface area contributed by atoms with Gasteiger partial charge in [-0.15, -0.1) is 11.3 Å². The number of imidazole rings is 1. The highest BCUT2D eigenvalue weighted by atomic mass is 32.1. The van der Waals surface area contributed by atoms with Crippen molar-refractivity contribution in [3.8, 4) is 0 Å². The molecule has 0 aliphatic carbocycles. The maximum atomic E-state index is 4.55. The number of thiazole rings is 1. The third-order valence-electron chi connectivity index (χ3n) is 2.04. The summed E-state index contributed by atoms with van der Waals surface area (Å²) in [5.74, 6) is 0.516. The highest BCUT2D eigenvalue weighted by Crippen LogP contribution is 2.18. The Hall–Kier alpha value is -1.16. The average Bonchev–Trinajstić information content (AvgIpc) is 2.75. The van der Waals surface area contributed by atoms with E-state index in [1.165, 1.54) is 5.69 Å². The van der Waals surface area contributed by atoms with Crippen molar-refractivity contribution in [3.63, 3.8) is 0 Å². The molecule has 0 bridgehead atoms. The first-order valence-electron chi connectivity index (χ1n) is 4.66. The van der Waals surface area contributed by atoms with E-state index in [1.54, 1.807) is 17.5 Å². The molecule has 0 radical (unpaired) electrons. The van der Waals surface area contributed by atoms with E-state index in [0.717, 1.165) is 11.6 Å². The summed E-state index contributed by atoms with van der Waals surface area (Å²) >= 11 is 1.72. The molecule has 2 aromatic rings. The molecule has 74 valence electrons. The lowest BCUT2D eigenvalue weighted by Crippen LogP contribution is -1.96. The van der Waals surface area contributed by atoms with Crippen LogP contribution in [0.1, 0.15) is 30.5 Å². The molecule has 2 rings (SSSR count). The van der Waals surface area contributed by atoms with Crippen LogP contribution in [0.3, 0.4) is 0 Å². The summed E-state index contributed by atoms with van der Waals surface area (Å²) in [6, 6.07) is 0. The van der Waals surface area contributed by atoms with Gasteiger partial charge in [0.15, 0.2) is 0 Å². The Bertz CT molecular complexity index is 389. The largest absolute Gasteiger partial charge is 0.331 e. The summed E-state index contributed by atoms with van der Waals surface area (Å²) in [5.41, 5.74) is 1.19. The Labute approximate surface area is 87.4 Å². The minimum absolute atomic E-state index is 0.516. The first kappa shape index (κ1) is 9.40. The van der Waals surface area contributed by atoms with Gasteiger partial charge in [0.05, 0.1) is 18.6 Å². The lowest BCUT2D eigenvalue weighted by molar-refractivity contribution is 0.768. The Morgan fingerprint density at radius 1 is 1.50 bits per heavy atom. The molecule has 3 nitrogen and oxygen atoms in total. The molecule has 2 heterocycles. The number of hydrogen-bond donors (Lipinski definition) is 0. The lowest BCUT2D eigenvalue weighted by Gasteiger charge is -1.98. The van der Waals surface area contributed by atoms with Gasteiger partial charge in [0.25, 0.3) is 0 Å². The van der Waals surface area contributed by atoms with E-state index in [0.29, 0.717) is 5.92 Å². The van der Waals surface area contributed by atoms with Crippen LogP contribution < -0.4 is 0 Å². The van der Waals surface area contributed by atoms with E-state index in [4.69, 9.17) is 0 Å². The Balaban J connectivity index is 2.11. The van der Waals surface area contributed by atoms with Gasteiger partial charge in [-0.1, -0.05) is 13.8 Å². The van der Waals surface area contributed by atoms with Crippen LogP contribution >= 0.6 is 11.3 Å². The van der Waals surface area contributed by atoms with Gasteiger partial charge >= 0.3 is 0 Å². The van der Waals surface area contributed by atoms with Crippen LogP contribution in [0.25, 0.3) is 0 Å². The predicted octanol–water partition coefficient (Wildman–Crippen LogP) is 2.51. The second-order valence-corrected chi connectivity index (χ2v) is 4.50. The third-order valence-corrected chi connectivity index (χ3v) is 2.89. The number of aromatic nitrogens is 3. The predicted molar refractivity (Wildman–Crippen MR) is 57.5 cm³/mol. The molecule has 0 spiro atoms. The summed E-state index contributed by atoms with van der Waals surface area (Å²) in [4.78, 5) is 8.55. The summed E-state index contributed by atoms with van der Waals surface area (Å²) in [7, 11) is 0. The molecule has 0 unspecified atom stereocenters. The zero-order valence-electron chi connectivity index (χ0n) is 8.34. The lowest BCUT2D eigenvalue weighted by atomic mass is 10.2. The maximum Gasteiger partial charge on any atom is 0.113 e. The van der Waals surface area contributed by atoms with Gasteiger partial charge < -0.3 is 4.57 Å². The van der Waals surface area contributed by atoms with Gasteiger partial charge in [0.2, 0.25) is 0 Å². The number of rotatable bonds is 3. The average molecular weight is 207 g/mol. The zero-order chi connectivity index (χ0) is 9.97. The quantitative estimate of drug-likeness (QED) is 0.774. The Morgan fingerprint density at radius 2 is 2.36 bits per heavy atom. The van der Waals surface area contributed by atoms with Crippen LogP contribution in [-0.4, -0.2) is 14.5 Å². The maximum absolute atomic E-state index is 4.55. The SMILES string of the molecule is CC(C)c1csc(Cn2ccnc2)n1. The number of nitrogens with zero attached hydrogens (tertiary/aromatic N) is 3. The van der Waals surface area contributed by atoms with Gasteiger partial charge in [-0.3, -0.25) is 0 Å². The van der Waals surface area contributed by atoms with Crippen LogP contribution in [0.15, 0.2) is 24.1 Å². The van der Waals surface area contributed by atoms with Gasteiger partial charge in [-0.05, 0) is 5.92 Å². The molecule has 0 aliphatic heterocycles. The molecular formula is C10H13N3S. The topological polar surface area (TPSA) is 30.7 Å². The molecule has 14 heavy (non-hydrogen) atoms. The molecular weight excluding hydrogens is 194 g/mol. The highest BCUT2D eigenvalue weighted by molar-refractivity contribution is 7.09. The van der Waals surface area contributed by atoms with Crippen LogP contribution in [-0.2, 0) is 6.54 Å². The van der Waals surface area contributed by atoms with Crippen molar-refractivity contribution in [1.29, 1.82) is 0 Å². The summed E-state index contributed by atoms with van der Waals surface area (Å²) in [5, 5.41) is 3.28. The van der Waals surface area contributed by atoms with Crippen molar-refractivity contribution >= 4 is 11.3 Å². The zero-order valence-corrected chi connectivity index (χ0v) is 9.16. The fourth-order valence-corrected chi connectivity index (χ4v) is 2.16. The van der Waals surface area contributed by atoms with Crippen molar-refractivity contribution in [2.24, 2.45) is 0 Å². The summed E-state index contributed by atoms with van der Waals surface area (Å²) in [6.07, 6.45) is 5.56. The van der Waals surface area contributed by atoms with Gasteiger partial charge in [-0.25, -0.2) is 9.97 Å². The van der Waals surface area contributed by atoms with Crippen LogP contribution in [0, 0.1) is 0 Å². The molecule has 0 aromatic carbocycles. The molecule has 0 N–H and O–H groups in total. The first-order valence-corrected chi connectivity index (χ1v) is 5.53. The molecule has 2 aromatic heterocycles. The summed E-state index contributed by atoms with van der Waals surface area (Å²) < 4.78 is 2.03. The van der Waals surface area contributed by atoms with Gasteiger partial charge in [0, 0.05) is 17.8 Å². The molecule has 0 atom stereocenters. The van der Waals surface area contributed by atoms with E-state index in [2.05, 4.69) is 29.2 Å². The van der Waals surface area contributed by atoms with Crippen molar-refractivity contribution in [2.45, 2.75) is 26.3 Å². The molecule has 0 fully saturated rings. The Kier molecular flexibility index (Phi) is 2.63. The monoisotopic (exact) mass is 207 g/mol. The van der Waals surface area contributed by atoms with E-state index in [-0.39, 0.29) is 0 Å². The minimum Gasteiger partial charge on any atom is -0.331 e. The first-order chi connectivity index (χ1) is 6.75. The van der Waals surface area contributed by atoms with Gasteiger partial charge in [-0.2, -0.15) is 0 Å². The van der Waals surface area contributed by atoms with Gasteiger partial charge in [0.1, 0.15) is 5.01 Å². The third kappa shape index (κ3) is 2.01. The van der Waals surface area contributed by atoms with Crippen molar-refractivity contribution in [3.05, 3.63) is 34.8 Å². The van der Waals surface area contributed by atoms with Crippen molar-refractivity contribution < 1.29 is 0 Å². The van der Waals surface area contributed by atoms with E-state index in [1.807, 2.05) is 17.1 Å². The number of hydrogen-bond acceptors (Lipinski definition) is 3.